The third-order valence-corrected chi connectivity index (χ3v) is 6.33. The fraction of sp³-hybridized carbons (Fsp3) is 0.550. The first kappa shape index (κ1) is 17.1. The molecular weight excluding hydrogens is 378 g/mol. The van der Waals surface area contributed by atoms with Crippen LogP contribution in [-0.2, 0) is 11.2 Å². The van der Waals surface area contributed by atoms with Crippen molar-refractivity contribution in [2.45, 2.75) is 58.0 Å². The molecule has 1 aliphatic carbocycles. The molecule has 2 aromatic rings. The minimum absolute atomic E-state index is 0.0771. The van der Waals surface area contributed by atoms with Gasteiger partial charge in [0, 0.05) is 52.5 Å². The molecule has 0 bridgehead atoms. The van der Waals surface area contributed by atoms with Gasteiger partial charge in [-0.2, -0.15) is 0 Å². The van der Waals surface area contributed by atoms with Gasteiger partial charge in [0.15, 0.2) is 0 Å². The number of fused-ring (bicyclic) bond motifs is 2. The predicted octanol–water partition coefficient (Wildman–Crippen LogP) is 3.87. The number of hydrogen-bond donors (Lipinski definition) is 2. The monoisotopic (exact) mass is 403 g/mol. The lowest BCUT2D eigenvalue weighted by atomic mass is 9.73. The SMILES string of the molecule is CCCN1C[C@H](NC(C)=O)C[C@@H]2c3cc(Br)cc4[nH]c(C)c(c34)C[C@H]21. The molecule has 0 saturated carbocycles. The van der Waals surface area contributed by atoms with Gasteiger partial charge in [-0.25, -0.2) is 0 Å². The summed E-state index contributed by atoms with van der Waals surface area (Å²) in [7, 11) is 0. The van der Waals surface area contributed by atoms with Crippen molar-refractivity contribution in [3.05, 3.63) is 33.4 Å². The molecule has 2 N–H and O–H groups in total. The van der Waals surface area contributed by atoms with Gasteiger partial charge in [-0.15, -0.1) is 0 Å². The smallest absolute Gasteiger partial charge is 0.217 e. The first-order chi connectivity index (χ1) is 12.0. The zero-order valence-electron chi connectivity index (χ0n) is 15.2. The Morgan fingerprint density at radius 2 is 2.24 bits per heavy atom. The molecule has 25 heavy (non-hydrogen) atoms. The topological polar surface area (TPSA) is 48.1 Å². The maximum atomic E-state index is 11.6. The van der Waals surface area contributed by atoms with Gasteiger partial charge in [0.2, 0.25) is 5.91 Å². The van der Waals surface area contributed by atoms with Gasteiger partial charge in [-0.3, -0.25) is 9.69 Å². The number of nitrogens with one attached hydrogen (secondary N) is 2. The number of likely N-dealkylation sites (tertiary alicyclic amines) is 1. The molecular formula is C20H26BrN3O. The molecule has 4 rings (SSSR count). The van der Waals surface area contributed by atoms with Gasteiger partial charge in [0.25, 0.3) is 0 Å². The zero-order chi connectivity index (χ0) is 17.7. The van der Waals surface area contributed by atoms with Crippen molar-refractivity contribution in [2.24, 2.45) is 0 Å². The van der Waals surface area contributed by atoms with E-state index in [2.05, 4.69) is 57.1 Å². The highest BCUT2D eigenvalue weighted by molar-refractivity contribution is 9.10. The average molecular weight is 404 g/mol. The van der Waals surface area contributed by atoms with Crippen LogP contribution in [0.15, 0.2) is 16.6 Å². The average Bonchev–Trinajstić information content (AvgIpc) is 2.84. The fourth-order valence-corrected chi connectivity index (χ4v) is 5.51. The second kappa shape index (κ2) is 6.44. The highest BCUT2D eigenvalue weighted by atomic mass is 79.9. The molecule has 0 spiro atoms. The Bertz CT molecular complexity index is 828. The van der Waals surface area contributed by atoms with Crippen molar-refractivity contribution in [2.75, 3.05) is 13.1 Å². The number of carbonyl (C=O) groups excluding carboxylic acids is 1. The number of aromatic amines is 1. The van der Waals surface area contributed by atoms with E-state index in [0.29, 0.717) is 12.0 Å². The van der Waals surface area contributed by atoms with Gasteiger partial charge in [0.05, 0.1) is 0 Å². The molecule has 1 amide bonds. The number of benzene rings is 1. The van der Waals surface area contributed by atoms with E-state index in [4.69, 9.17) is 0 Å². The molecule has 0 unspecified atom stereocenters. The predicted molar refractivity (Wildman–Crippen MR) is 105 cm³/mol. The number of amides is 1. The van der Waals surface area contributed by atoms with E-state index >= 15 is 0 Å². The van der Waals surface area contributed by atoms with E-state index in [9.17, 15) is 4.79 Å². The maximum Gasteiger partial charge on any atom is 0.217 e. The van der Waals surface area contributed by atoms with Crippen LogP contribution in [-0.4, -0.2) is 41.0 Å². The van der Waals surface area contributed by atoms with E-state index in [1.807, 2.05) is 0 Å². The van der Waals surface area contributed by atoms with E-state index < -0.39 is 0 Å². The summed E-state index contributed by atoms with van der Waals surface area (Å²) in [6.45, 7) is 8.12. The van der Waals surface area contributed by atoms with Gasteiger partial charge in [0.1, 0.15) is 0 Å². The van der Waals surface area contributed by atoms with Gasteiger partial charge in [-0.05, 0) is 56.0 Å². The summed E-state index contributed by atoms with van der Waals surface area (Å²) >= 11 is 3.70. The normalized spacial score (nSPS) is 25.8. The van der Waals surface area contributed by atoms with Gasteiger partial charge < -0.3 is 10.3 Å². The Labute approximate surface area is 157 Å². The number of aromatic nitrogens is 1. The number of carbonyl (C=O) groups is 1. The fourth-order valence-electron chi connectivity index (χ4n) is 5.04. The Morgan fingerprint density at radius 3 is 2.96 bits per heavy atom. The van der Waals surface area contributed by atoms with Crippen molar-refractivity contribution < 1.29 is 4.79 Å². The molecule has 0 radical (unpaired) electrons. The summed E-state index contributed by atoms with van der Waals surface area (Å²) in [6.07, 6.45) is 3.28. The Kier molecular flexibility index (Phi) is 4.40. The highest BCUT2D eigenvalue weighted by Crippen LogP contribution is 2.45. The molecule has 3 atom stereocenters. The first-order valence-corrected chi connectivity index (χ1v) is 10.1. The third-order valence-electron chi connectivity index (χ3n) is 5.87. The number of aryl methyl sites for hydroxylation is 1. The minimum Gasteiger partial charge on any atom is -0.358 e. The van der Waals surface area contributed by atoms with Crippen molar-refractivity contribution in [1.29, 1.82) is 0 Å². The van der Waals surface area contributed by atoms with Crippen LogP contribution in [0.3, 0.4) is 0 Å². The summed E-state index contributed by atoms with van der Waals surface area (Å²) in [4.78, 5) is 17.8. The van der Waals surface area contributed by atoms with E-state index in [-0.39, 0.29) is 11.9 Å². The summed E-state index contributed by atoms with van der Waals surface area (Å²) in [5.74, 6) is 0.549. The van der Waals surface area contributed by atoms with Crippen LogP contribution in [0.1, 0.15) is 49.4 Å². The summed E-state index contributed by atoms with van der Waals surface area (Å²) in [5, 5.41) is 4.60. The molecule has 1 aromatic heterocycles. The summed E-state index contributed by atoms with van der Waals surface area (Å²) < 4.78 is 1.13. The highest BCUT2D eigenvalue weighted by Gasteiger charge is 2.41. The minimum atomic E-state index is 0.0771. The molecule has 2 aliphatic rings. The molecule has 1 aromatic carbocycles. The number of H-pyrrole nitrogens is 1. The molecule has 1 aliphatic heterocycles. The van der Waals surface area contributed by atoms with E-state index in [1.165, 1.54) is 27.7 Å². The Morgan fingerprint density at radius 1 is 1.44 bits per heavy atom. The Balaban J connectivity index is 1.81. The molecule has 1 fully saturated rings. The lowest BCUT2D eigenvalue weighted by Gasteiger charge is -2.47. The van der Waals surface area contributed by atoms with Crippen molar-refractivity contribution in [3.8, 4) is 0 Å². The van der Waals surface area contributed by atoms with Crippen LogP contribution >= 0.6 is 15.9 Å². The van der Waals surface area contributed by atoms with Crippen molar-refractivity contribution >= 4 is 32.7 Å². The quantitative estimate of drug-likeness (QED) is 0.816. The number of hydrogen-bond acceptors (Lipinski definition) is 2. The van der Waals surface area contributed by atoms with E-state index in [1.54, 1.807) is 6.92 Å². The second-order valence-electron chi connectivity index (χ2n) is 7.65. The largest absolute Gasteiger partial charge is 0.358 e. The Hall–Kier alpha value is -1.33. The summed E-state index contributed by atoms with van der Waals surface area (Å²) in [6, 6.07) is 5.26. The molecule has 2 heterocycles. The molecule has 134 valence electrons. The third kappa shape index (κ3) is 2.91. The standard InChI is InChI=1S/C20H26BrN3O/c1-4-5-24-10-14(23-12(3)25)8-16-17-6-13(21)7-18-20(17)15(9-19(16)24)11(2)22-18/h6-7,14,16,19,22H,4-5,8-10H2,1-3H3,(H,23,25)/t14-,16-,19-/m1/s1. The van der Waals surface area contributed by atoms with Gasteiger partial charge >= 0.3 is 0 Å². The van der Waals surface area contributed by atoms with Crippen LogP contribution in [0.2, 0.25) is 0 Å². The summed E-state index contributed by atoms with van der Waals surface area (Å²) in [5.41, 5.74) is 5.46. The zero-order valence-corrected chi connectivity index (χ0v) is 16.7. The van der Waals surface area contributed by atoms with E-state index in [0.717, 1.165) is 36.8 Å². The lowest BCUT2D eigenvalue weighted by molar-refractivity contribution is -0.120. The van der Waals surface area contributed by atoms with Crippen LogP contribution in [0.5, 0.6) is 0 Å². The number of rotatable bonds is 3. The van der Waals surface area contributed by atoms with Crippen LogP contribution in [0, 0.1) is 6.92 Å². The van der Waals surface area contributed by atoms with Gasteiger partial charge in [-0.1, -0.05) is 22.9 Å². The molecule has 4 nitrogen and oxygen atoms in total. The second-order valence-corrected chi connectivity index (χ2v) is 8.57. The van der Waals surface area contributed by atoms with Crippen molar-refractivity contribution in [1.82, 2.24) is 15.2 Å². The number of halogens is 1. The lowest BCUT2D eigenvalue weighted by Crippen LogP contribution is -2.56. The van der Waals surface area contributed by atoms with Crippen LogP contribution < -0.4 is 5.32 Å². The molecule has 1 saturated heterocycles. The number of piperidine rings is 1. The maximum absolute atomic E-state index is 11.6. The first-order valence-electron chi connectivity index (χ1n) is 9.29. The van der Waals surface area contributed by atoms with Crippen LogP contribution in [0.25, 0.3) is 10.9 Å². The number of nitrogens with zero attached hydrogens (tertiary/aromatic N) is 1. The van der Waals surface area contributed by atoms with Crippen LogP contribution in [0.4, 0.5) is 0 Å². The molecule has 5 heteroatoms. The van der Waals surface area contributed by atoms with Crippen molar-refractivity contribution in [3.63, 3.8) is 0 Å².